The molecule has 0 saturated carbocycles. The van der Waals surface area contributed by atoms with Crippen molar-refractivity contribution in [1.29, 1.82) is 0 Å². The molecule has 21 heavy (non-hydrogen) atoms. The van der Waals surface area contributed by atoms with Crippen LogP contribution in [0, 0.1) is 0 Å². The maximum Gasteiger partial charge on any atom is 0.373 e. The van der Waals surface area contributed by atoms with E-state index < -0.39 is 5.97 Å². The summed E-state index contributed by atoms with van der Waals surface area (Å²) < 4.78 is 9.84. The fourth-order valence-electron chi connectivity index (χ4n) is 2.00. The van der Waals surface area contributed by atoms with Gasteiger partial charge in [-0.25, -0.2) is 4.79 Å². The first kappa shape index (κ1) is 17.0. The Morgan fingerprint density at radius 2 is 1.81 bits per heavy atom. The molecule has 0 fully saturated rings. The third-order valence-electron chi connectivity index (χ3n) is 3.14. The molecule has 0 N–H and O–H groups in total. The number of carbonyl (C=O) groups is 1. The van der Waals surface area contributed by atoms with Crippen molar-refractivity contribution in [1.82, 2.24) is 0 Å². The van der Waals surface area contributed by atoms with Crippen LogP contribution in [0.3, 0.4) is 0 Å². The van der Waals surface area contributed by atoms with Gasteiger partial charge in [-0.15, -0.1) is 0 Å². The van der Waals surface area contributed by atoms with E-state index >= 15 is 0 Å². The highest BCUT2D eigenvalue weighted by atomic mass is 16.6. The number of rotatable bonds is 8. The van der Waals surface area contributed by atoms with Gasteiger partial charge in [0.2, 0.25) is 5.76 Å². The van der Waals surface area contributed by atoms with Gasteiger partial charge in [-0.05, 0) is 30.1 Å². The van der Waals surface area contributed by atoms with Crippen LogP contribution in [0.2, 0.25) is 0 Å². The van der Waals surface area contributed by atoms with E-state index in [1.165, 1.54) is 20.6 Å². The largest absolute Gasteiger partial charge is 0.490 e. The Morgan fingerprint density at radius 1 is 1.10 bits per heavy atom. The number of ether oxygens (including phenoxy) is 2. The highest BCUT2D eigenvalue weighted by Crippen LogP contribution is 2.17. The molecule has 0 bridgehead atoms. The molecule has 0 atom stereocenters. The predicted octanol–water partition coefficient (Wildman–Crippen LogP) is 4.35. The van der Waals surface area contributed by atoms with E-state index in [0.717, 1.165) is 30.4 Å². The third-order valence-corrected chi connectivity index (χ3v) is 3.14. The zero-order valence-electron chi connectivity index (χ0n) is 13.1. The fourth-order valence-corrected chi connectivity index (χ4v) is 2.00. The van der Waals surface area contributed by atoms with E-state index in [9.17, 15) is 4.79 Å². The normalized spacial score (nSPS) is 12.1. The lowest BCUT2D eigenvalue weighted by atomic mass is 10.0. The first-order valence-electron chi connectivity index (χ1n) is 7.30. The zero-order valence-corrected chi connectivity index (χ0v) is 13.1. The number of unbranched alkanes of at least 4 members (excludes halogenated alkanes) is 2. The van der Waals surface area contributed by atoms with Crippen LogP contribution < -0.4 is 0 Å². The van der Waals surface area contributed by atoms with E-state index in [4.69, 9.17) is 9.47 Å². The van der Waals surface area contributed by atoms with Crippen molar-refractivity contribution >= 4 is 12.0 Å². The molecule has 0 heterocycles. The maximum atomic E-state index is 11.6. The first-order chi connectivity index (χ1) is 10.2. The Balaban J connectivity index is 2.98. The van der Waals surface area contributed by atoms with Gasteiger partial charge in [-0.3, -0.25) is 0 Å². The smallest absolute Gasteiger partial charge is 0.373 e. The predicted molar refractivity (Wildman–Crippen MR) is 85.7 cm³/mol. The highest BCUT2D eigenvalue weighted by molar-refractivity contribution is 5.87. The van der Waals surface area contributed by atoms with Crippen molar-refractivity contribution in [2.75, 3.05) is 14.2 Å². The van der Waals surface area contributed by atoms with Crippen molar-refractivity contribution < 1.29 is 14.3 Å². The molecule has 0 spiro atoms. The van der Waals surface area contributed by atoms with Gasteiger partial charge in [0.15, 0.2) is 0 Å². The Kier molecular flexibility index (Phi) is 7.95. The second kappa shape index (κ2) is 9.81. The molecule has 3 heteroatoms. The fraction of sp³-hybridized carbons (Fsp3) is 0.389. The molecule has 0 saturated heterocycles. The third kappa shape index (κ3) is 6.30. The van der Waals surface area contributed by atoms with Crippen LogP contribution in [-0.2, 0) is 14.3 Å². The monoisotopic (exact) mass is 288 g/mol. The molecule has 1 aromatic carbocycles. The average molecular weight is 288 g/mol. The van der Waals surface area contributed by atoms with Crippen LogP contribution in [0.25, 0.3) is 6.08 Å². The van der Waals surface area contributed by atoms with Crippen molar-refractivity contribution in [3.8, 4) is 0 Å². The number of hydrogen-bond donors (Lipinski definition) is 0. The lowest BCUT2D eigenvalue weighted by molar-refractivity contribution is -0.139. The minimum absolute atomic E-state index is 0.233. The highest BCUT2D eigenvalue weighted by Gasteiger charge is 2.10. The van der Waals surface area contributed by atoms with Crippen LogP contribution >= 0.6 is 0 Å². The summed E-state index contributed by atoms with van der Waals surface area (Å²) in [5.74, 6) is -0.219. The van der Waals surface area contributed by atoms with Gasteiger partial charge >= 0.3 is 5.97 Å². The lowest BCUT2D eigenvalue weighted by Crippen LogP contribution is -2.06. The minimum Gasteiger partial charge on any atom is -0.490 e. The van der Waals surface area contributed by atoms with E-state index in [1.54, 1.807) is 6.08 Å². The molecule has 0 aliphatic carbocycles. The van der Waals surface area contributed by atoms with Crippen molar-refractivity contribution in [3.05, 3.63) is 53.3 Å². The van der Waals surface area contributed by atoms with Crippen molar-refractivity contribution in [2.45, 2.75) is 32.6 Å². The standard InChI is InChI=1S/C18H24O3/c1-4-5-7-12-16(13-15-10-8-6-9-11-15)14-17(20-2)18(19)21-3/h6,8-11,13-14H,4-5,7,12H2,1-3H3/b16-13+,17-14+. The number of methoxy groups -OCH3 is 2. The maximum absolute atomic E-state index is 11.6. The van der Waals surface area contributed by atoms with Crippen LogP contribution in [-0.4, -0.2) is 20.2 Å². The molecular formula is C18H24O3. The van der Waals surface area contributed by atoms with Crippen LogP contribution in [0.1, 0.15) is 38.2 Å². The second-order valence-electron chi connectivity index (χ2n) is 4.79. The summed E-state index contributed by atoms with van der Waals surface area (Å²) in [6.07, 6.45) is 8.18. The van der Waals surface area contributed by atoms with E-state index in [1.807, 2.05) is 30.3 Å². The van der Waals surface area contributed by atoms with Crippen LogP contribution in [0.4, 0.5) is 0 Å². The summed E-state index contributed by atoms with van der Waals surface area (Å²) in [6.45, 7) is 2.17. The van der Waals surface area contributed by atoms with Gasteiger partial charge in [0.25, 0.3) is 0 Å². The molecule has 1 aromatic rings. The molecule has 0 unspecified atom stereocenters. The van der Waals surface area contributed by atoms with Crippen LogP contribution in [0.15, 0.2) is 47.7 Å². The summed E-state index contributed by atoms with van der Waals surface area (Å²) in [7, 11) is 2.84. The molecule has 0 amide bonds. The molecule has 0 radical (unpaired) electrons. The molecule has 1 rings (SSSR count). The summed E-state index contributed by atoms with van der Waals surface area (Å²) >= 11 is 0. The summed E-state index contributed by atoms with van der Waals surface area (Å²) in [6, 6.07) is 10.1. The molecule has 114 valence electrons. The molecule has 0 aliphatic rings. The second-order valence-corrected chi connectivity index (χ2v) is 4.79. The lowest BCUT2D eigenvalue weighted by Gasteiger charge is -2.07. The molecule has 0 aliphatic heterocycles. The number of allylic oxidation sites excluding steroid dienone is 2. The molecule has 3 nitrogen and oxygen atoms in total. The first-order valence-corrected chi connectivity index (χ1v) is 7.30. The van der Waals surface area contributed by atoms with Gasteiger partial charge in [0.1, 0.15) is 0 Å². The zero-order chi connectivity index (χ0) is 15.5. The van der Waals surface area contributed by atoms with Gasteiger partial charge in [-0.1, -0.05) is 56.2 Å². The topological polar surface area (TPSA) is 35.5 Å². The summed E-state index contributed by atoms with van der Waals surface area (Å²) in [5, 5.41) is 0. The van der Waals surface area contributed by atoms with Gasteiger partial charge < -0.3 is 9.47 Å². The van der Waals surface area contributed by atoms with E-state index in [2.05, 4.69) is 13.0 Å². The minimum atomic E-state index is -0.452. The number of hydrogen-bond acceptors (Lipinski definition) is 3. The molecule has 0 aromatic heterocycles. The number of esters is 1. The Bertz CT molecular complexity index is 486. The van der Waals surface area contributed by atoms with E-state index in [0.29, 0.717) is 0 Å². The average Bonchev–Trinajstić information content (AvgIpc) is 2.52. The van der Waals surface area contributed by atoms with E-state index in [-0.39, 0.29) is 5.76 Å². The van der Waals surface area contributed by atoms with Crippen molar-refractivity contribution in [3.63, 3.8) is 0 Å². The van der Waals surface area contributed by atoms with Crippen molar-refractivity contribution in [2.24, 2.45) is 0 Å². The Hall–Kier alpha value is -2.03. The summed E-state index contributed by atoms with van der Waals surface area (Å²) in [5.41, 5.74) is 2.18. The number of carbonyl (C=O) groups excluding carboxylic acids is 1. The molecular weight excluding hydrogens is 264 g/mol. The summed E-state index contributed by atoms with van der Waals surface area (Å²) in [4.78, 5) is 11.6. The van der Waals surface area contributed by atoms with Gasteiger partial charge in [-0.2, -0.15) is 0 Å². The number of benzene rings is 1. The Labute approximate surface area is 127 Å². The van der Waals surface area contributed by atoms with Gasteiger partial charge in [0.05, 0.1) is 14.2 Å². The SMILES string of the molecule is CCCCCC(=C\c1ccccc1)/C=C(/OC)C(=O)OC. The Morgan fingerprint density at radius 3 is 2.38 bits per heavy atom. The van der Waals surface area contributed by atoms with Crippen LogP contribution in [0.5, 0.6) is 0 Å². The quantitative estimate of drug-likeness (QED) is 0.234. The van der Waals surface area contributed by atoms with Gasteiger partial charge in [0, 0.05) is 0 Å².